The lowest BCUT2D eigenvalue weighted by molar-refractivity contribution is 0.671. The molecule has 0 aliphatic heterocycles. The molecule has 0 spiro atoms. The first kappa shape index (κ1) is 28.2. The zero-order valence-corrected chi connectivity index (χ0v) is 26.9. The zero-order chi connectivity index (χ0) is 33.0. The van der Waals surface area contributed by atoms with E-state index in [1.165, 1.54) is 10.8 Å². The Morgan fingerprint density at radius 1 is 0.400 bits per heavy atom. The van der Waals surface area contributed by atoms with Crippen LogP contribution in [-0.4, -0.2) is 19.5 Å². The van der Waals surface area contributed by atoms with Crippen molar-refractivity contribution in [3.63, 3.8) is 0 Å². The van der Waals surface area contributed by atoms with Gasteiger partial charge >= 0.3 is 0 Å². The highest BCUT2D eigenvalue weighted by Crippen LogP contribution is 2.43. The van der Waals surface area contributed by atoms with Gasteiger partial charge in [0.05, 0.1) is 11.0 Å². The second-order valence-corrected chi connectivity index (χ2v) is 12.4. The maximum atomic E-state index is 6.78. The largest absolute Gasteiger partial charge is 0.454 e. The Labute approximate surface area is 287 Å². The van der Waals surface area contributed by atoms with Crippen LogP contribution in [0.1, 0.15) is 0 Å². The van der Waals surface area contributed by atoms with Crippen LogP contribution in [-0.2, 0) is 0 Å². The summed E-state index contributed by atoms with van der Waals surface area (Å²) in [6.45, 7) is 0. The van der Waals surface area contributed by atoms with Crippen LogP contribution in [0.5, 0.6) is 0 Å². The number of fused-ring (bicyclic) bond motifs is 7. The molecule has 0 aliphatic carbocycles. The summed E-state index contributed by atoms with van der Waals surface area (Å²) in [4.78, 5) is 14.7. The molecule has 7 aromatic carbocycles. The molecule has 5 heteroatoms. The zero-order valence-electron chi connectivity index (χ0n) is 26.9. The molecule has 5 nitrogen and oxygen atoms in total. The van der Waals surface area contributed by atoms with Gasteiger partial charge in [0, 0.05) is 43.9 Å². The Morgan fingerprint density at radius 2 is 0.940 bits per heavy atom. The van der Waals surface area contributed by atoms with E-state index < -0.39 is 0 Å². The maximum absolute atomic E-state index is 6.78. The molecule has 3 aromatic heterocycles. The Balaban J connectivity index is 1.13. The quantitative estimate of drug-likeness (QED) is 0.188. The first-order valence-corrected chi connectivity index (χ1v) is 16.7. The lowest BCUT2D eigenvalue weighted by Crippen LogP contribution is -2.00. The number of rotatable bonds is 5. The lowest BCUT2D eigenvalue weighted by atomic mass is 9.98. The summed E-state index contributed by atoms with van der Waals surface area (Å²) in [6.07, 6.45) is 0. The first-order valence-electron chi connectivity index (χ1n) is 16.7. The summed E-state index contributed by atoms with van der Waals surface area (Å²) < 4.78 is 9.10. The van der Waals surface area contributed by atoms with Crippen molar-refractivity contribution < 1.29 is 4.42 Å². The van der Waals surface area contributed by atoms with Crippen LogP contribution in [0.2, 0.25) is 0 Å². The van der Waals surface area contributed by atoms with E-state index in [4.69, 9.17) is 19.4 Å². The van der Waals surface area contributed by atoms with Gasteiger partial charge in [0.2, 0.25) is 0 Å². The predicted molar refractivity (Wildman–Crippen MR) is 203 cm³/mol. The Kier molecular flexibility index (Phi) is 6.42. The van der Waals surface area contributed by atoms with Crippen LogP contribution in [0, 0.1) is 0 Å². The standard InChI is InChI=1S/C45H28N4O/c1-4-13-30(14-5-1)43-46-44(31-15-6-2-7-16-31)48-45(47-43)32-25-23-29(24-26-32)34-20-12-22-39-40(34)37-28-27-36-35-19-10-11-21-38(35)49(41(36)42(37)50-39)33-17-8-3-9-18-33/h1-28H. The van der Waals surface area contributed by atoms with Gasteiger partial charge in [-0.3, -0.25) is 0 Å². The second-order valence-electron chi connectivity index (χ2n) is 12.4. The molecule has 0 radical (unpaired) electrons. The highest BCUT2D eigenvalue weighted by Gasteiger charge is 2.21. The molecule has 0 N–H and O–H groups in total. The topological polar surface area (TPSA) is 56.7 Å². The number of furan rings is 1. The molecule has 0 bridgehead atoms. The van der Waals surface area contributed by atoms with Crippen molar-refractivity contribution in [3.8, 4) is 51.0 Å². The molecule has 0 saturated heterocycles. The van der Waals surface area contributed by atoms with Gasteiger partial charge in [-0.25, -0.2) is 15.0 Å². The average Bonchev–Trinajstić information content (AvgIpc) is 3.75. The van der Waals surface area contributed by atoms with Crippen LogP contribution >= 0.6 is 0 Å². The summed E-state index contributed by atoms with van der Waals surface area (Å²) in [7, 11) is 0. The van der Waals surface area contributed by atoms with Crippen LogP contribution < -0.4 is 0 Å². The smallest absolute Gasteiger partial charge is 0.164 e. The van der Waals surface area contributed by atoms with Crippen molar-refractivity contribution in [1.82, 2.24) is 19.5 Å². The number of para-hydroxylation sites is 2. The Hall–Kier alpha value is -6.85. The average molecular weight is 641 g/mol. The SMILES string of the molecule is c1ccc(-c2nc(-c3ccccc3)nc(-c3ccc(-c4cccc5oc6c(ccc7c8ccccc8n(-c8ccccc8)c76)c45)cc3)n2)cc1. The lowest BCUT2D eigenvalue weighted by Gasteiger charge is -2.09. The van der Waals surface area contributed by atoms with Crippen molar-refractivity contribution >= 4 is 43.7 Å². The van der Waals surface area contributed by atoms with Gasteiger partial charge in [-0.05, 0) is 41.5 Å². The van der Waals surface area contributed by atoms with Gasteiger partial charge in [-0.1, -0.05) is 140 Å². The van der Waals surface area contributed by atoms with Crippen LogP contribution in [0.15, 0.2) is 174 Å². The van der Waals surface area contributed by atoms with Gasteiger partial charge in [0.25, 0.3) is 0 Å². The van der Waals surface area contributed by atoms with Gasteiger partial charge < -0.3 is 8.98 Å². The third-order valence-electron chi connectivity index (χ3n) is 9.47. The molecule has 0 unspecified atom stereocenters. The third-order valence-corrected chi connectivity index (χ3v) is 9.47. The minimum absolute atomic E-state index is 0.632. The Bertz CT molecular complexity index is 2780. The fraction of sp³-hybridized carbons (Fsp3) is 0. The molecule has 3 heterocycles. The highest BCUT2D eigenvalue weighted by atomic mass is 16.3. The second kappa shape index (κ2) is 11.4. The normalized spacial score (nSPS) is 11.6. The molecule has 0 fully saturated rings. The van der Waals surface area contributed by atoms with E-state index in [9.17, 15) is 0 Å². The van der Waals surface area contributed by atoms with Crippen molar-refractivity contribution in [3.05, 3.63) is 170 Å². The molecule has 0 atom stereocenters. The minimum atomic E-state index is 0.632. The molecule has 234 valence electrons. The van der Waals surface area contributed by atoms with E-state index in [1.807, 2.05) is 60.7 Å². The number of hydrogen-bond acceptors (Lipinski definition) is 4. The third kappa shape index (κ3) is 4.52. The van der Waals surface area contributed by atoms with E-state index in [1.54, 1.807) is 0 Å². The Morgan fingerprint density at radius 3 is 1.60 bits per heavy atom. The monoisotopic (exact) mass is 640 g/mol. The first-order chi connectivity index (χ1) is 24.8. The van der Waals surface area contributed by atoms with Gasteiger partial charge in [0.15, 0.2) is 23.1 Å². The number of nitrogens with zero attached hydrogens (tertiary/aromatic N) is 4. The molecule has 10 aromatic rings. The van der Waals surface area contributed by atoms with E-state index in [-0.39, 0.29) is 0 Å². The fourth-order valence-corrected chi connectivity index (χ4v) is 7.15. The molecule has 10 rings (SSSR count). The van der Waals surface area contributed by atoms with Crippen molar-refractivity contribution in [1.29, 1.82) is 0 Å². The molecule has 50 heavy (non-hydrogen) atoms. The predicted octanol–water partition coefficient (Wildman–Crippen LogP) is 11.5. The van der Waals surface area contributed by atoms with Gasteiger partial charge in [0.1, 0.15) is 5.58 Å². The molecular formula is C45H28N4O. The summed E-state index contributed by atoms with van der Waals surface area (Å²) in [5, 5.41) is 4.56. The van der Waals surface area contributed by atoms with E-state index in [2.05, 4.69) is 114 Å². The van der Waals surface area contributed by atoms with Gasteiger partial charge in [-0.15, -0.1) is 0 Å². The number of benzene rings is 7. The molecule has 0 aliphatic rings. The summed E-state index contributed by atoms with van der Waals surface area (Å²) in [5.41, 5.74) is 10.1. The number of hydrogen-bond donors (Lipinski definition) is 0. The fourth-order valence-electron chi connectivity index (χ4n) is 7.15. The minimum Gasteiger partial charge on any atom is -0.454 e. The maximum Gasteiger partial charge on any atom is 0.164 e. The molecule has 0 amide bonds. The number of aromatic nitrogens is 4. The van der Waals surface area contributed by atoms with Crippen LogP contribution in [0.3, 0.4) is 0 Å². The van der Waals surface area contributed by atoms with E-state index in [0.29, 0.717) is 17.5 Å². The van der Waals surface area contributed by atoms with Gasteiger partial charge in [-0.2, -0.15) is 0 Å². The molecule has 0 saturated carbocycles. The summed E-state index contributed by atoms with van der Waals surface area (Å²) >= 11 is 0. The molecular weight excluding hydrogens is 613 g/mol. The van der Waals surface area contributed by atoms with Crippen molar-refractivity contribution in [2.45, 2.75) is 0 Å². The van der Waals surface area contributed by atoms with Crippen molar-refractivity contribution in [2.75, 3.05) is 0 Å². The van der Waals surface area contributed by atoms with E-state index >= 15 is 0 Å². The summed E-state index contributed by atoms with van der Waals surface area (Å²) in [6, 6.07) is 58.5. The summed E-state index contributed by atoms with van der Waals surface area (Å²) in [5.74, 6) is 1.92. The van der Waals surface area contributed by atoms with Crippen LogP contribution in [0.25, 0.3) is 94.7 Å². The van der Waals surface area contributed by atoms with Crippen LogP contribution in [0.4, 0.5) is 0 Å². The van der Waals surface area contributed by atoms with E-state index in [0.717, 1.165) is 66.5 Å². The van der Waals surface area contributed by atoms with Crippen molar-refractivity contribution in [2.24, 2.45) is 0 Å². The highest BCUT2D eigenvalue weighted by molar-refractivity contribution is 6.23.